The number of carboxylic acid groups (broad SMARTS) is 1. The fraction of sp³-hybridized carbons (Fsp3) is 0.125. The molecule has 0 aliphatic rings. The largest absolute Gasteiger partial charge is 0.480 e. The number of aliphatic carboxylic acids is 1. The van der Waals surface area contributed by atoms with Crippen molar-refractivity contribution < 1.29 is 9.90 Å². The van der Waals surface area contributed by atoms with Gasteiger partial charge in [0, 0.05) is 6.20 Å². The number of hydrogen-bond donors (Lipinski definition) is 1. The summed E-state index contributed by atoms with van der Waals surface area (Å²) in [7, 11) is 0. The molecule has 0 spiro atoms. The summed E-state index contributed by atoms with van der Waals surface area (Å²) in [5.41, 5.74) is 0.419. The first-order valence-corrected chi connectivity index (χ1v) is 4.73. The van der Waals surface area contributed by atoms with E-state index >= 15 is 0 Å². The third-order valence-corrected chi connectivity index (χ3v) is 2.31. The summed E-state index contributed by atoms with van der Waals surface area (Å²) in [5.74, 6) is -0.960. The van der Waals surface area contributed by atoms with Gasteiger partial charge in [0.05, 0.1) is 5.39 Å². The van der Waals surface area contributed by atoms with Crippen LogP contribution in [0.4, 0.5) is 0 Å². The molecular formula is C8H5Cl2N3O2. The van der Waals surface area contributed by atoms with E-state index in [0.717, 1.165) is 0 Å². The van der Waals surface area contributed by atoms with Crippen molar-refractivity contribution in [2.75, 3.05) is 0 Å². The van der Waals surface area contributed by atoms with E-state index in [0.29, 0.717) is 11.0 Å². The molecule has 0 atom stereocenters. The Morgan fingerprint density at radius 3 is 2.87 bits per heavy atom. The fourth-order valence-corrected chi connectivity index (χ4v) is 1.71. The van der Waals surface area contributed by atoms with Crippen molar-refractivity contribution in [2.45, 2.75) is 6.54 Å². The van der Waals surface area contributed by atoms with Gasteiger partial charge >= 0.3 is 5.97 Å². The molecule has 2 rings (SSSR count). The lowest BCUT2D eigenvalue weighted by molar-refractivity contribution is -0.137. The minimum absolute atomic E-state index is 0.00200. The minimum atomic E-state index is -0.960. The molecule has 2 heterocycles. The molecule has 15 heavy (non-hydrogen) atoms. The van der Waals surface area contributed by atoms with Crippen LogP contribution in [-0.2, 0) is 11.3 Å². The van der Waals surface area contributed by atoms with E-state index in [2.05, 4.69) is 9.97 Å². The third kappa shape index (κ3) is 1.88. The number of rotatable bonds is 2. The number of nitrogens with zero attached hydrogens (tertiary/aromatic N) is 3. The van der Waals surface area contributed by atoms with Crippen molar-refractivity contribution in [3.63, 3.8) is 0 Å². The number of aromatic nitrogens is 3. The van der Waals surface area contributed by atoms with Crippen LogP contribution in [-0.4, -0.2) is 25.6 Å². The smallest absolute Gasteiger partial charge is 0.323 e. The van der Waals surface area contributed by atoms with Crippen LogP contribution in [0.15, 0.2) is 12.3 Å². The van der Waals surface area contributed by atoms with Crippen molar-refractivity contribution >= 4 is 40.2 Å². The molecule has 7 heteroatoms. The molecule has 5 nitrogen and oxygen atoms in total. The normalized spacial score (nSPS) is 10.8. The number of carbonyl (C=O) groups is 1. The van der Waals surface area contributed by atoms with Crippen LogP contribution < -0.4 is 0 Å². The summed E-state index contributed by atoms with van der Waals surface area (Å²) in [5, 5.41) is 9.45. The van der Waals surface area contributed by atoms with Gasteiger partial charge < -0.3 is 9.67 Å². The zero-order chi connectivity index (χ0) is 11.0. The van der Waals surface area contributed by atoms with Crippen molar-refractivity contribution in [3.05, 3.63) is 22.7 Å². The molecule has 0 bridgehead atoms. The van der Waals surface area contributed by atoms with Gasteiger partial charge in [0.2, 0.25) is 5.28 Å². The van der Waals surface area contributed by atoms with Gasteiger partial charge in [-0.2, -0.15) is 4.98 Å². The molecule has 0 aliphatic heterocycles. The Morgan fingerprint density at radius 2 is 2.20 bits per heavy atom. The predicted octanol–water partition coefficient (Wildman–Crippen LogP) is 1.82. The molecule has 2 aromatic rings. The van der Waals surface area contributed by atoms with Gasteiger partial charge in [0.1, 0.15) is 17.3 Å². The zero-order valence-corrected chi connectivity index (χ0v) is 8.83. The first-order chi connectivity index (χ1) is 7.08. The summed E-state index contributed by atoms with van der Waals surface area (Å²) in [6.45, 7) is -0.187. The van der Waals surface area contributed by atoms with Gasteiger partial charge in [-0.25, -0.2) is 4.98 Å². The molecule has 1 N–H and O–H groups in total. The molecule has 0 unspecified atom stereocenters. The molecule has 0 fully saturated rings. The Hall–Kier alpha value is -1.33. The van der Waals surface area contributed by atoms with E-state index in [1.54, 1.807) is 12.3 Å². The monoisotopic (exact) mass is 245 g/mol. The van der Waals surface area contributed by atoms with E-state index in [-0.39, 0.29) is 17.0 Å². The Labute approximate surface area is 94.3 Å². The van der Waals surface area contributed by atoms with Crippen LogP contribution >= 0.6 is 23.2 Å². The van der Waals surface area contributed by atoms with Crippen molar-refractivity contribution in [1.82, 2.24) is 14.5 Å². The second kappa shape index (κ2) is 3.67. The van der Waals surface area contributed by atoms with E-state index < -0.39 is 5.97 Å². The maximum Gasteiger partial charge on any atom is 0.323 e. The van der Waals surface area contributed by atoms with Gasteiger partial charge in [-0.1, -0.05) is 11.6 Å². The highest BCUT2D eigenvalue weighted by Gasteiger charge is 2.10. The molecule has 0 amide bonds. The van der Waals surface area contributed by atoms with Gasteiger partial charge in [0.25, 0.3) is 0 Å². The van der Waals surface area contributed by atoms with Gasteiger partial charge in [0.15, 0.2) is 0 Å². The Morgan fingerprint density at radius 1 is 1.47 bits per heavy atom. The van der Waals surface area contributed by atoms with Crippen molar-refractivity contribution in [3.8, 4) is 0 Å². The average molecular weight is 246 g/mol. The average Bonchev–Trinajstić information content (AvgIpc) is 2.48. The number of halogens is 2. The number of hydrogen-bond acceptors (Lipinski definition) is 3. The Bertz CT molecular complexity index is 538. The van der Waals surface area contributed by atoms with Crippen LogP contribution in [0, 0.1) is 0 Å². The summed E-state index contributed by atoms with van der Waals surface area (Å²) in [6, 6.07) is 1.65. The summed E-state index contributed by atoms with van der Waals surface area (Å²) < 4.78 is 1.44. The second-order valence-corrected chi connectivity index (χ2v) is 3.55. The molecule has 0 aromatic carbocycles. The molecule has 0 saturated carbocycles. The zero-order valence-electron chi connectivity index (χ0n) is 7.31. The van der Waals surface area contributed by atoms with Crippen molar-refractivity contribution in [2.24, 2.45) is 0 Å². The lowest BCUT2D eigenvalue weighted by Crippen LogP contribution is -2.08. The van der Waals surface area contributed by atoms with Crippen molar-refractivity contribution in [1.29, 1.82) is 0 Å². The third-order valence-electron chi connectivity index (χ3n) is 1.85. The van der Waals surface area contributed by atoms with E-state index in [4.69, 9.17) is 28.3 Å². The second-order valence-electron chi connectivity index (χ2n) is 2.86. The van der Waals surface area contributed by atoms with Crippen LogP contribution in [0.1, 0.15) is 0 Å². The topological polar surface area (TPSA) is 68.0 Å². The Balaban J connectivity index is 2.63. The maximum atomic E-state index is 10.6. The van der Waals surface area contributed by atoms with Crippen LogP contribution in [0.3, 0.4) is 0 Å². The van der Waals surface area contributed by atoms with Crippen LogP contribution in [0.25, 0.3) is 11.0 Å². The first kappa shape index (κ1) is 10.2. The molecule has 0 radical (unpaired) electrons. The highest BCUT2D eigenvalue weighted by Crippen LogP contribution is 2.22. The fourth-order valence-electron chi connectivity index (χ4n) is 1.28. The van der Waals surface area contributed by atoms with E-state index in [9.17, 15) is 4.79 Å². The van der Waals surface area contributed by atoms with E-state index in [1.165, 1.54) is 4.57 Å². The SMILES string of the molecule is O=C(O)Cn1ccc2c(Cl)nc(Cl)nc21. The van der Waals surface area contributed by atoms with Gasteiger partial charge in [-0.05, 0) is 17.7 Å². The lowest BCUT2D eigenvalue weighted by atomic mass is 10.4. The summed E-state index contributed by atoms with van der Waals surface area (Å²) in [6.07, 6.45) is 1.58. The Kier molecular flexibility index (Phi) is 2.50. The number of carboxylic acids is 1. The molecule has 78 valence electrons. The highest BCUT2D eigenvalue weighted by atomic mass is 35.5. The lowest BCUT2D eigenvalue weighted by Gasteiger charge is -2.00. The predicted molar refractivity (Wildman–Crippen MR) is 55.2 cm³/mol. The van der Waals surface area contributed by atoms with E-state index in [1.807, 2.05) is 0 Å². The molecular weight excluding hydrogens is 241 g/mol. The first-order valence-electron chi connectivity index (χ1n) is 3.97. The standard InChI is InChI=1S/C8H5Cl2N3O2/c9-6-4-1-2-13(3-5(14)15)7(4)12-8(10)11-6/h1-2H,3H2,(H,14,15). The van der Waals surface area contributed by atoms with Gasteiger partial charge in [-0.3, -0.25) is 4.79 Å². The summed E-state index contributed by atoms with van der Waals surface area (Å²) in [4.78, 5) is 18.2. The summed E-state index contributed by atoms with van der Waals surface area (Å²) >= 11 is 11.4. The minimum Gasteiger partial charge on any atom is -0.480 e. The van der Waals surface area contributed by atoms with Crippen LogP contribution in [0.2, 0.25) is 10.4 Å². The maximum absolute atomic E-state index is 10.6. The molecule has 0 aliphatic carbocycles. The molecule has 2 aromatic heterocycles. The highest BCUT2D eigenvalue weighted by molar-refractivity contribution is 6.35. The quantitative estimate of drug-likeness (QED) is 0.648. The van der Waals surface area contributed by atoms with Gasteiger partial charge in [-0.15, -0.1) is 0 Å². The number of fused-ring (bicyclic) bond motifs is 1. The van der Waals surface area contributed by atoms with Crippen LogP contribution in [0.5, 0.6) is 0 Å². The molecule has 0 saturated heterocycles.